The zero-order valence-corrected chi connectivity index (χ0v) is 24.1. The number of urea groups is 1. The number of aryl methyl sites for hydroxylation is 1. The molecule has 0 fully saturated rings. The van der Waals surface area contributed by atoms with Crippen molar-refractivity contribution < 1.29 is 14.3 Å². The van der Waals surface area contributed by atoms with Crippen molar-refractivity contribution in [2.75, 3.05) is 22.6 Å². The lowest BCUT2D eigenvalue weighted by Gasteiger charge is -2.14. The number of carbonyl (C=O) groups excluding carboxylic acids is 2. The highest BCUT2D eigenvalue weighted by atomic mass is 127. The first-order valence-electron chi connectivity index (χ1n) is 12.6. The SMILES string of the molecule is CC(=O)Nc1cc(CCOc2ccc(NC(=O)Nc3cc(I)nn3-c3ccc(C)cc3)c3ccccc23)ccn1. The number of hydrogen-bond acceptors (Lipinski definition) is 5. The molecule has 0 unspecified atom stereocenters. The Bertz CT molecular complexity index is 1680. The first-order chi connectivity index (χ1) is 19.4. The second kappa shape index (κ2) is 12.2. The molecule has 0 saturated heterocycles. The van der Waals surface area contributed by atoms with Crippen LogP contribution in [-0.2, 0) is 11.2 Å². The third-order valence-corrected chi connectivity index (χ3v) is 6.64. The number of amides is 3. The maximum Gasteiger partial charge on any atom is 0.324 e. The molecular weight excluding hydrogens is 619 g/mol. The highest BCUT2D eigenvalue weighted by Gasteiger charge is 2.14. The number of pyridine rings is 1. The lowest BCUT2D eigenvalue weighted by molar-refractivity contribution is -0.114. The van der Waals surface area contributed by atoms with Crippen molar-refractivity contribution in [3.63, 3.8) is 0 Å². The van der Waals surface area contributed by atoms with Crippen LogP contribution >= 0.6 is 22.6 Å². The molecule has 3 N–H and O–H groups in total. The van der Waals surface area contributed by atoms with Gasteiger partial charge in [-0.05, 0) is 71.5 Å². The van der Waals surface area contributed by atoms with E-state index in [-0.39, 0.29) is 11.9 Å². The number of halogens is 1. The maximum atomic E-state index is 13.1. The molecule has 0 aliphatic carbocycles. The summed E-state index contributed by atoms with van der Waals surface area (Å²) in [6.45, 7) is 3.91. The summed E-state index contributed by atoms with van der Waals surface area (Å²) in [5, 5.41) is 14.8. The van der Waals surface area contributed by atoms with Crippen molar-refractivity contribution >= 4 is 62.6 Å². The van der Waals surface area contributed by atoms with Gasteiger partial charge in [0.15, 0.2) is 0 Å². The Balaban J connectivity index is 1.28. The molecular formula is C30H27IN6O3. The van der Waals surface area contributed by atoms with Crippen LogP contribution in [0.3, 0.4) is 0 Å². The quantitative estimate of drug-likeness (QED) is 0.166. The second-order valence-electron chi connectivity index (χ2n) is 9.16. The highest BCUT2D eigenvalue weighted by Crippen LogP contribution is 2.32. The average Bonchev–Trinajstić information content (AvgIpc) is 3.29. The number of nitrogens with zero attached hydrogens (tertiary/aromatic N) is 3. The van der Waals surface area contributed by atoms with Crippen molar-refractivity contribution in [2.24, 2.45) is 0 Å². The van der Waals surface area contributed by atoms with Crippen LogP contribution in [0.5, 0.6) is 5.75 Å². The Morgan fingerprint density at radius 3 is 2.48 bits per heavy atom. The molecule has 3 amide bonds. The van der Waals surface area contributed by atoms with Gasteiger partial charge in [0.25, 0.3) is 0 Å². The monoisotopic (exact) mass is 646 g/mol. The van der Waals surface area contributed by atoms with Crippen molar-refractivity contribution in [3.8, 4) is 11.4 Å². The molecule has 5 rings (SSSR count). The van der Waals surface area contributed by atoms with E-state index in [1.54, 1.807) is 10.9 Å². The fourth-order valence-corrected chi connectivity index (χ4v) is 4.77. The molecule has 3 aromatic carbocycles. The number of aromatic nitrogens is 3. The van der Waals surface area contributed by atoms with Gasteiger partial charge < -0.3 is 15.4 Å². The first kappa shape index (κ1) is 27.1. The lowest BCUT2D eigenvalue weighted by atomic mass is 10.1. The van der Waals surface area contributed by atoms with Gasteiger partial charge in [0, 0.05) is 36.4 Å². The number of carbonyl (C=O) groups is 2. The summed E-state index contributed by atoms with van der Waals surface area (Å²) in [7, 11) is 0. The van der Waals surface area contributed by atoms with E-state index in [1.807, 2.05) is 85.8 Å². The van der Waals surface area contributed by atoms with E-state index in [0.717, 1.165) is 31.3 Å². The van der Waals surface area contributed by atoms with Gasteiger partial charge in [0.2, 0.25) is 5.91 Å². The van der Waals surface area contributed by atoms with Gasteiger partial charge >= 0.3 is 6.03 Å². The Morgan fingerprint density at radius 1 is 0.925 bits per heavy atom. The minimum Gasteiger partial charge on any atom is -0.493 e. The van der Waals surface area contributed by atoms with E-state index < -0.39 is 0 Å². The van der Waals surface area contributed by atoms with Crippen LogP contribution in [0.15, 0.2) is 85.1 Å². The van der Waals surface area contributed by atoms with E-state index in [2.05, 4.69) is 48.6 Å². The van der Waals surface area contributed by atoms with Gasteiger partial charge in [0.1, 0.15) is 21.1 Å². The molecule has 5 aromatic rings. The molecule has 9 nitrogen and oxygen atoms in total. The molecule has 202 valence electrons. The van der Waals surface area contributed by atoms with Crippen LogP contribution in [0.2, 0.25) is 0 Å². The standard InChI is InChI=1S/C30H27IN6O3/c1-19-7-9-22(10-8-19)37-29(18-27(31)36-37)35-30(39)34-25-11-12-26(24-6-4-3-5-23(24)25)40-16-14-21-13-15-32-28(17-21)33-20(2)38/h3-13,15,17-18H,14,16H2,1-2H3,(H,32,33,38)(H2,34,35,39). The Labute approximate surface area is 245 Å². The summed E-state index contributed by atoms with van der Waals surface area (Å²) in [6.07, 6.45) is 2.30. The van der Waals surface area contributed by atoms with Gasteiger partial charge in [-0.15, -0.1) is 0 Å². The van der Waals surface area contributed by atoms with Crippen LogP contribution < -0.4 is 20.7 Å². The maximum absolute atomic E-state index is 13.1. The Kier molecular flexibility index (Phi) is 8.25. The largest absolute Gasteiger partial charge is 0.493 e. The number of benzene rings is 3. The van der Waals surface area contributed by atoms with Crippen LogP contribution in [-0.4, -0.2) is 33.3 Å². The lowest BCUT2D eigenvalue weighted by Crippen LogP contribution is -2.21. The molecule has 0 aliphatic heterocycles. The number of fused-ring (bicyclic) bond motifs is 1. The predicted octanol–water partition coefficient (Wildman–Crippen LogP) is 6.56. The predicted molar refractivity (Wildman–Crippen MR) is 165 cm³/mol. The molecule has 0 bridgehead atoms. The van der Waals surface area contributed by atoms with E-state index in [4.69, 9.17) is 4.74 Å². The van der Waals surface area contributed by atoms with Crippen molar-refractivity contribution in [1.29, 1.82) is 0 Å². The van der Waals surface area contributed by atoms with Crippen LogP contribution in [0.4, 0.5) is 22.1 Å². The van der Waals surface area contributed by atoms with E-state index >= 15 is 0 Å². The van der Waals surface area contributed by atoms with E-state index in [1.165, 1.54) is 6.92 Å². The van der Waals surface area contributed by atoms with Crippen molar-refractivity contribution in [1.82, 2.24) is 14.8 Å². The second-order valence-corrected chi connectivity index (χ2v) is 10.3. The van der Waals surface area contributed by atoms with Gasteiger partial charge in [0.05, 0.1) is 18.0 Å². The minimum atomic E-state index is -0.379. The summed E-state index contributed by atoms with van der Waals surface area (Å²) in [5.74, 6) is 1.62. The minimum absolute atomic E-state index is 0.165. The first-order valence-corrected chi connectivity index (χ1v) is 13.7. The third kappa shape index (κ3) is 6.57. The molecule has 2 aromatic heterocycles. The normalized spacial score (nSPS) is 10.8. The molecule has 0 saturated carbocycles. The van der Waals surface area contributed by atoms with Gasteiger partial charge in [-0.25, -0.2) is 14.5 Å². The van der Waals surface area contributed by atoms with E-state index in [9.17, 15) is 9.59 Å². The zero-order chi connectivity index (χ0) is 28.1. The fraction of sp³-hybridized carbons (Fsp3) is 0.133. The van der Waals surface area contributed by atoms with Crippen molar-refractivity contribution in [2.45, 2.75) is 20.3 Å². The fourth-order valence-electron chi connectivity index (χ4n) is 4.26. The average molecular weight is 646 g/mol. The van der Waals surface area contributed by atoms with Crippen LogP contribution in [0.1, 0.15) is 18.1 Å². The highest BCUT2D eigenvalue weighted by molar-refractivity contribution is 14.1. The smallest absolute Gasteiger partial charge is 0.324 e. The van der Waals surface area contributed by atoms with Crippen molar-refractivity contribution in [3.05, 3.63) is 99.9 Å². The molecule has 0 aliphatic rings. The van der Waals surface area contributed by atoms with Crippen LogP contribution in [0, 0.1) is 10.6 Å². The summed E-state index contributed by atoms with van der Waals surface area (Å²) >= 11 is 2.13. The number of ether oxygens (including phenoxy) is 1. The summed E-state index contributed by atoms with van der Waals surface area (Å²) in [4.78, 5) is 28.5. The zero-order valence-electron chi connectivity index (χ0n) is 21.9. The molecule has 0 spiro atoms. The van der Waals surface area contributed by atoms with Gasteiger partial charge in [-0.1, -0.05) is 42.0 Å². The molecule has 2 heterocycles. The molecule has 10 heteroatoms. The number of rotatable bonds is 8. The number of nitrogens with one attached hydrogen (secondary N) is 3. The van der Waals surface area contributed by atoms with Gasteiger partial charge in [-0.2, -0.15) is 5.10 Å². The van der Waals surface area contributed by atoms with E-state index in [0.29, 0.717) is 36.1 Å². The summed E-state index contributed by atoms with van der Waals surface area (Å²) in [5.41, 5.74) is 3.66. The Morgan fingerprint density at radius 2 is 1.70 bits per heavy atom. The topological polar surface area (TPSA) is 110 Å². The molecule has 0 radical (unpaired) electrons. The molecule has 0 atom stereocenters. The van der Waals surface area contributed by atoms with Crippen LogP contribution in [0.25, 0.3) is 16.5 Å². The summed E-state index contributed by atoms with van der Waals surface area (Å²) < 4.78 is 8.60. The summed E-state index contributed by atoms with van der Waals surface area (Å²) in [6, 6.07) is 24.5. The third-order valence-electron chi connectivity index (χ3n) is 6.11. The molecule has 40 heavy (non-hydrogen) atoms. The van der Waals surface area contributed by atoms with Gasteiger partial charge in [-0.3, -0.25) is 10.1 Å². The number of hydrogen-bond donors (Lipinski definition) is 3. The number of anilines is 3. The Hall–Kier alpha value is -4.45.